The minimum atomic E-state index is -0.494. The van der Waals surface area contributed by atoms with E-state index in [0.717, 1.165) is 32.0 Å². The van der Waals surface area contributed by atoms with E-state index in [1.165, 1.54) is 13.0 Å². The Morgan fingerprint density at radius 3 is 2.44 bits per heavy atom. The van der Waals surface area contributed by atoms with Gasteiger partial charge in [0.05, 0.1) is 6.61 Å². The molecule has 18 heavy (non-hydrogen) atoms. The summed E-state index contributed by atoms with van der Waals surface area (Å²) in [6, 6.07) is 0. The summed E-state index contributed by atoms with van der Waals surface area (Å²) < 4.78 is 4.77. The van der Waals surface area contributed by atoms with E-state index in [0.29, 0.717) is 0 Å². The van der Waals surface area contributed by atoms with E-state index < -0.39 is 5.97 Å². The van der Waals surface area contributed by atoms with Crippen LogP contribution in [0.25, 0.3) is 0 Å². The van der Waals surface area contributed by atoms with Gasteiger partial charge in [0.1, 0.15) is 5.76 Å². The maximum Gasteiger partial charge on any atom is 0.333 e. The van der Waals surface area contributed by atoms with Crippen molar-refractivity contribution in [1.82, 2.24) is 4.90 Å². The number of ether oxygens (including phenoxy) is 1. The molecule has 0 unspecified atom stereocenters. The molecule has 1 aliphatic heterocycles. The molecule has 0 aromatic rings. The van der Waals surface area contributed by atoms with E-state index in [1.807, 2.05) is 0 Å². The Bertz CT molecular complexity index is 378. The Morgan fingerprint density at radius 1 is 1.28 bits per heavy atom. The van der Waals surface area contributed by atoms with Gasteiger partial charge in [-0.3, -0.25) is 4.79 Å². The Hall–Kier alpha value is -1.78. The van der Waals surface area contributed by atoms with E-state index in [4.69, 9.17) is 4.74 Å². The second-order valence-electron chi connectivity index (χ2n) is 4.15. The molecule has 1 saturated heterocycles. The topological polar surface area (TPSA) is 66.8 Å². The molecule has 100 valence electrons. The lowest BCUT2D eigenvalue weighted by Crippen LogP contribution is -2.25. The third-order valence-electron chi connectivity index (χ3n) is 2.65. The summed E-state index contributed by atoms with van der Waals surface area (Å²) in [6.45, 7) is 4.97. The Labute approximate surface area is 107 Å². The number of carbonyl (C=O) groups is 2. The predicted octanol–water partition coefficient (Wildman–Crippen LogP) is 1.56. The van der Waals surface area contributed by atoms with Crippen LogP contribution in [0.1, 0.15) is 26.7 Å². The number of rotatable bonds is 4. The number of allylic oxidation sites excluding steroid dienone is 1. The highest BCUT2D eigenvalue weighted by atomic mass is 16.5. The first-order chi connectivity index (χ1) is 8.54. The minimum Gasteiger partial charge on any atom is -0.508 e. The molecule has 0 aromatic heterocycles. The van der Waals surface area contributed by atoms with Gasteiger partial charge in [-0.05, 0) is 32.8 Å². The molecule has 0 aromatic carbocycles. The van der Waals surface area contributed by atoms with Crippen molar-refractivity contribution in [2.24, 2.45) is 0 Å². The van der Waals surface area contributed by atoms with E-state index in [-0.39, 0.29) is 23.8 Å². The molecule has 0 atom stereocenters. The van der Waals surface area contributed by atoms with Gasteiger partial charge in [-0.25, -0.2) is 4.79 Å². The van der Waals surface area contributed by atoms with E-state index in [9.17, 15) is 14.7 Å². The lowest BCUT2D eigenvalue weighted by atomic mass is 10.2. The van der Waals surface area contributed by atoms with Crippen LogP contribution in [-0.4, -0.2) is 41.6 Å². The highest BCUT2D eigenvalue weighted by molar-refractivity contribution is 5.90. The van der Waals surface area contributed by atoms with Gasteiger partial charge in [0, 0.05) is 24.7 Å². The molecule has 1 fully saturated rings. The number of nitrogens with zero attached hydrogens (tertiary/aromatic N) is 1. The van der Waals surface area contributed by atoms with Crippen LogP contribution in [0.4, 0.5) is 0 Å². The smallest absolute Gasteiger partial charge is 0.333 e. The lowest BCUT2D eigenvalue weighted by molar-refractivity contribution is -0.138. The molecule has 5 heteroatoms. The number of aliphatic hydroxyl groups is 1. The fourth-order valence-corrected chi connectivity index (χ4v) is 1.72. The molecule has 0 radical (unpaired) electrons. The molecule has 5 nitrogen and oxygen atoms in total. The van der Waals surface area contributed by atoms with E-state index in [1.54, 1.807) is 11.8 Å². The van der Waals surface area contributed by atoms with Gasteiger partial charge in [0.15, 0.2) is 0 Å². The maximum absolute atomic E-state index is 11.7. The third kappa shape index (κ3) is 4.24. The van der Waals surface area contributed by atoms with Crippen LogP contribution in [0.3, 0.4) is 0 Å². The monoisotopic (exact) mass is 253 g/mol. The molecule has 0 saturated carbocycles. The van der Waals surface area contributed by atoms with Gasteiger partial charge in [-0.15, -0.1) is 0 Å². The van der Waals surface area contributed by atoms with Gasteiger partial charge >= 0.3 is 5.97 Å². The second kappa shape index (κ2) is 6.83. The summed E-state index contributed by atoms with van der Waals surface area (Å²) in [5.74, 6) is -0.943. The summed E-state index contributed by atoms with van der Waals surface area (Å²) in [7, 11) is 0. The Kier molecular flexibility index (Phi) is 5.42. The standard InChI is InChI=1S/C13H19NO4/c1-3-18-13(17)10(2)8-11(15)9-12(16)14-6-4-5-7-14/h8-9,15H,3-7H2,1-2H3/b10-8+,11-9-. The van der Waals surface area contributed by atoms with Crippen LogP contribution >= 0.6 is 0 Å². The quantitative estimate of drug-likeness (QED) is 0.357. The minimum absolute atomic E-state index is 0.224. The van der Waals surface area contributed by atoms with Gasteiger partial charge in [0.25, 0.3) is 0 Å². The molecule has 0 bridgehead atoms. The third-order valence-corrected chi connectivity index (χ3v) is 2.65. The fourth-order valence-electron chi connectivity index (χ4n) is 1.72. The van der Waals surface area contributed by atoms with E-state index >= 15 is 0 Å². The SMILES string of the molecule is CCOC(=O)/C(C)=C/C(O)=C/C(=O)N1CCCC1. The number of aliphatic hydroxyl groups excluding tert-OH is 1. The number of hydrogen-bond donors (Lipinski definition) is 1. The number of carbonyl (C=O) groups excluding carboxylic acids is 2. The van der Waals surface area contributed by atoms with Gasteiger partial charge in [0.2, 0.25) is 5.91 Å². The first kappa shape index (κ1) is 14.3. The molecule has 1 aliphatic rings. The van der Waals surface area contributed by atoms with Crippen LogP contribution < -0.4 is 0 Å². The normalized spacial score (nSPS) is 16.9. The zero-order chi connectivity index (χ0) is 13.5. The molecule has 0 spiro atoms. The molecule has 1 N–H and O–H groups in total. The number of esters is 1. The van der Waals surface area contributed by atoms with Gasteiger partial charge < -0.3 is 14.7 Å². The zero-order valence-corrected chi connectivity index (χ0v) is 10.8. The fraction of sp³-hybridized carbons (Fsp3) is 0.538. The molecule has 0 aliphatic carbocycles. The Morgan fingerprint density at radius 2 is 1.89 bits per heavy atom. The summed E-state index contributed by atoms with van der Waals surface area (Å²) in [5.41, 5.74) is 0.264. The average Bonchev–Trinajstić information content (AvgIpc) is 2.82. The maximum atomic E-state index is 11.7. The molecule has 1 heterocycles. The van der Waals surface area contributed by atoms with Crippen molar-refractivity contribution in [3.63, 3.8) is 0 Å². The zero-order valence-electron chi connectivity index (χ0n) is 10.8. The van der Waals surface area contributed by atoms with Crippen LogP contribution in [0, 0.1) is 0 Å². The molecule has 1 amide bonds. The van der Waals surface area contributed by atoms with Crippen LogP contribution in [0.2, 0.25) is 0 Å². The summed E-state index contributed by atoms with van der Waals surface area (Å²) in [4.78, 5) is 24.6. The van der Waals surface area contributed by atoms with Crippen LogP contribution in [-0.2, 0) is 14.3 Å². The summed E-state index contributed by atoms with van der Waals surface area (Å²) in [5, 5.41) is 9.60. The van der Waals surface area contributed by atoms with Crippen LogP contribution in [0.5, 0.6) is 0 Å². The molecular formula is C13H19NO4. The van der Waals surface area contributed by atoms with Gasteiger partial charge in [-0.1, -0.05) is 0 Å². The molecular weight excluding hydrogens is 234 g/mol. The number of amides is 1. The number of likely N-dealkylation sites (tertiary alicyclic amines) is 1. The second-order valence-corrected chi connectivity index (χ2v) is 4.15. The Balaban J connectivity index is 2.62. The van der Waals surface area contributed by atoms with Crippen molar-refractivity contribution in [3.8, 4) is 0 Å². The van der Waals surface area contributed by atoms with Crippen molar-refractivity contribution in [1.29, 1.82) is 0 Å². The van der Waals surface area contributed by atoms with E-state index in [2.05, 4.69) is 0 Å². The lowest BCUT2D eigenvalue weighted by Gasteiger charge is -2.11. The van der Waals surface area contributed by atoms with Crippen molar-refractivity contribution in [2.75, 3.05) is 19.7 Å². The highest BCUT2D eigenvalue weighted by Crippen LogP contribution is 2.09. The summed E-state index contributed by atoms with van der Waals surface area (Å²) >= 11 is 0. The molecule has 1 rings (SSSR count). The van der Waals surface area contributed by atoms with Crippen molar-refractivity contribution in [2.45, 2.75) is 26.7 Å². The van der Waals surface area contributed by atoms with Crippen molar-refractivity contribution in [3.05, 3.63) is 23.5 Å². The van der Waals surface area contributed by atoms with Crippen LogP contribution in [0.15, 0.2) is 23.5 Å². The predicted molar refractivity (Wildman–Crippen MR) is 66.9 cm³/mol. The van der Waals surface area contributed by atoms with Crippen molar-refractivity contribution < 1.29 is 19.4 Å². The number of hydrogen-bond acceptors (Lipinski definition) is 4. The average molecular weight is 253 g/mol. The van der Waals surface area contributed by atoms with Crippen molar-refractivity contribution >= 4 is 11.9 Å². The first-order valence-corrected chi connectivity index (χ1v) is 6.09. The largest absolute Gasteiger partial charge is 0.508 e. The highest BCUT2D eigenvalue weighted by Gasteiger charge is 2.16. The summed E-state index contributed by atoms with van der Waals surface area (Å²) in [6.07, 6.45) is 4.37. The first-order valence-electron chi connectivity index (χ1n) is 6.09. The van der Waals surface area contributed by atoms with Gasteiger partial charge in [-0.2, -0.15) is 0 Å².